The van der Waals surface area contributed by atoms with Crippen molar-refractivity contribution in [3.8, 4) is 5.75 Å². The van der Waals surface area contributed by atoms with Gasteiger partial charge in [-0.2, -0.15) is 0 Å². The van der Waals surface area contributed by atoms with Crippen molar-refractivity contribution in [2.75, 3.05) is 0 Å². The van der Waals surface area contributed by atoms with Crippen LogP contribution in [-0.2, 0) is 4.79 Å². The van der Waals surface area contributed by atoms with Gasteiger partial charge in [0.2, 0.25) is 0 Å². The van der Waals surface area contributed by atoms with Crippen LogP contribution in [0.15, 0.2) is 36.9 Å². The second kappa shape index (κ2) is 7.28. The van der Waals surface area contributed by atoms with Crippen molar-refractivity contribution in [1.29, 1.82) is 0 Å². The van der Waals surface area contributed by atoms with Gasteiger partial charge in [-0.05, 0) is 55.2 Å². The lowest BCUT2D eigenvalue weighted by Crippen LogP contribution is -2.13. The highest BCUT2D eigenvalue weighted by atomic mass is 16.5. The van der Waals surface area contributed by atoms with Crippen LogP contribution < -0.4 is 4.74 Å². The molecule has 108 valence electrons. The molecule has 1 aliphatic rings. The molecule has 0 unspecified atom stereocenters. The molecule has 20 heavy (non-hydrogen) atoms. The van der Waals surface area contributed by atoms with Crippen molar-refractivity contribution in [2.45, 2.75) is 51.4 Å². The third kappa shape index (κ3) is 3.96. The maximum Gasteiger partial charge on any atom is 0.335 e. The van der Waals surface area contributed by atoms with Crippen LogP contribution in [0.1, 0.15) is 56.9 Å². The Labute approximate surface area is 121 Å². The number of benzene rings is 1. The predicted molar refractivity (Wildman–Crippen MR) is 81.9 cm³/mol. The predicted octanol–water partition coefficient (Wildman–Crippen LogP) is 4.85. The number of rotatable bonds is 5. The Morgan fingerprint density at radius 3 is 2.45 bits per heavy atom. The van der Waals surface area contributed by atoms with Gasteiger partial charge in [0.15, 0.2) is 0 Å². The molecule has 1 aliphatic carbocycles. The summed E-state index contributed by atoms with van der Waals surface area (Å²) in [6.45, 7) is 5.67. The van der Waals surface area contributed by atoms with Crippen LogP contribution in [0.2, 0.25) is 0 Å². The SMILES string of the molecule is C=CC(=O)Oc1ccc(C2CCC(CCC)CC2)cc1. The van der Waals surface area contributed by atoms with E-state index in [2.05, 4.69) is 25.6 Å². The lowest BCUT2D eigenvalue weighted by molar-refractivity contribution is -0.128. The van der Waals surface area contributed by atoms with E-state index in [1.807, 2.05) is 12.1 Å². The number of hydrogen-bond donors (Lipinski definition) is 0. The summed E-state index contributed by atoms with van der Waals surface area (Å²) in [5.74, 6) is 1.80. The molecule has 0 spiro atoms. The molecule has 2 rings (SSSR count). The van der Waals surface area contributed by atoms with Crippen molar-refractivity contribution in [3.63, 3.8) is 0 Å². The average Bonchev–Trinajstić information content (AvgIpc) is 2.49. The Balaban J connectivity index is 1.90. The van der Waals surface area contributed by atoms with Gasteiger partial charge >= 0.3 is 5.97 Å². The van der Waals surface area contributed by atoms with E-state index in [4.69, 9.17) is 4.74 Å². The molecular formula is C18H24O2. The first-order valence-corrected chi connectivity index (χ1v) is 7.67. The van der Waals surface area contributed by atoms with Gasteiger partial charge in [-0.3, -0.25) is 0 Å². The minimum Gasteiger partial charge on any atom is -0.423 e. The third-order valence-corrected chi connectivity index (χ3v) is 4.28. The number of ether oxygens (including phenoxy) is 1. The second-order valence-electron chi connectivity index (χ2n) is 5.70. The number of carbonyl (C=O) groups excluding carboxylic acids is 1. The zero-order valence-electron chi connectivity index (χ0n) is 12.3. The molecule has 2 heteroatoms. The molecule has 1 aromatic carbocycles. The number of carbonyl (C=O) groups is 1. The summed E-state index contributed by atoms with van der Waals surface area (Å²) in [7, 11) is 0. The van der Waals surface area contributed by atoms with Crippen molar-refractivity contribution < 1.29 is 9.53 Å². The molecule has 0 saturated heterocycles. The van der Waals surface area contributed by atoms with Crippen molar-refractivity contribution >= 4 is 5.97 Å². The van der Waals surface area contributed by atoms with Crippen LogP contribution in [0.3, 0.4) is 0 Å². The lowest BCUT2D eigenvalue weighted by atomic mass is 9.77. The van der Waals surface area contributed by atoms with Gasteiger partial charge in [0.1, 0.15) is 5.75 Å². The van der Waals surface area contributed by atoms with Crippen LogP contribution in [-0.4, -0.2) is 5.97 Å². The molecule has 0 amide bonds. The third-order valence-electron chi connectivity index (χ3n) is 4.28. The highest BCUT2D eigenvalue weighted by molar-refractivity contribution is 5.83. The van der Waals surface area contributed by atoms with Crippen LogP contribution >= 0.6 is 0 Å². The number of esters is 1. The topological polar surface area (TPSA) is 26.3 Å². The van der Waals surface area contributed by atoms with Crippen molar-refractivity contribution in [2.24, 2.45) is 5.92 Å². The van der Waals surface area contributed by atoms with E-state index in [0.29, 0.717) is 11.7 Å². The lowest BCUT2D eigenvalue weighted by Gasteiger charge is -2.28. The first-order chi connectivity index (χ1) is 9.72. The Hall–Kier alpha value is -1.57. The van der Waals surface area contributed by atoms with Crippen LogP contribution in [0.4, 0.5) is 0 Å². The van der Waals surface area contributed by atoms with E-state index >= 15 is 0 Å². The standard InChI is InChI=1S/C18H24O2/c1-3-5-14-6-8-15(9-7-14)16-10-12-17(13-11-16)20-18(19)4-2/h4,10-15H,2-3,5-9H2,1H3. The van der Waals surface area contributed by atoms with E-state index in [0.717, 1.165) is 5.92 Å². The largest absolute Gasteiger partial charge is 0.423 e. The molecule has 0 heterocycles. The molecule has 0 bridgehead atoms. The summed E-state index contributed by atoms with van der Waals surface area (Å²) in [6, 6.07) is 7.96. The summed E-state index contributed by atoms with van der Waals surface area (Å²) in [4.78, 5) is 11.1. The normalized spacial score (nSPS) is 22.2. The maximum absolute atomic E-state index is 11.1. The fourth-order valence-electron chi connectivity index (χ4n) is 3.16. The zero-order chi connectivity index (χ0) is 14.4. The van der Waals surface area contributed by atoms with Crippen LogP contribution in [0.25, 0.3) is 0 Å². The molecule has 0 aromatic heterocycles. The van der Waals surface area contributed by atoms with Gasteiger partial charge in [-0.25, -0.2) is 4.79 Å². The Bertz CT molecular complexity index is 439. The van der Waals surface area contributed by atoms with Crippen molar-refractivity contribution in [1.82, 2.24) is 0 Å². The van der Waals surface area contributed by atoms with E-state index in [1.165, 1.54) is 50.2 Å². The molecule has 0 aliphatic heterocycles. The molecular weight excluding hydrogens is 248 g/mol. The highest BCUT2D eigenvalue weighted by Crippen LogP contribution is 2.37. The van der Waals surface area contributed by atoms with E-state index in [9.17, 15) is 4.79 Å². The molecule has 0 radical (unpaired) electrons. The minimum atomic E-state index is -0.405. The summed E-state index contributed by atoms with van der Waals surface area (Å²) in [5, 5.41) is 0. The first-order valence-electron chi connectivity index (χ1n) is 7.67. The smallest absolute Gasteiger partial charge is 0.335 e. The summed E-state index contributed by atoms with van der Waals surface area (Å²) in [5.41, 5.74) is 1.37. The molecule has 1 saturated carbocycles. The Kier molecular flexibility index (Phi) is 5.40. The van der Waals surface area contributed by atoms with Gasteiger partial charge in [0, 0.05) is 6.08 Å². The van der Waals surface area contributed by atoms with Gasteiger partial charge in [-0.1, -0.05) is 38.5 Å². The van der Waals surface area contributed by atoms with Crippen LogP contribution in [0.5, 0.6) is 5.75 Å². The second-order valence-corrected chi connectivity index (χ2v) is 5.70. The number of hydrogen-bond acceptors (Lipinski definition) is 2. The summed E-state index contributed by atoms with van der Waals surface area (Å²) in [6.07, 6.45) is 9.15. The summed E-state index contributed by atoms with van der Waals surface area (Å²) >= 11 is 0. The zero-order valence-corrected chi connectivity index (χ0v) is 12.3. The van der Waals surface area contributed by atoms with Gasteiger partial charge in [0.25, 0.3) is 0 Å². The molecule has 2 nitrogen and oxygen atoms in total. The van der Waals surface area contributed by atoms with E-state index in [1.54, 1.807) is 0 Å². The fourth-order valence-corrected chi connectivity index (χ4v) is 3.16. The minimum absolute atomic E-state index is 0.405. The molecule has 1 aromatic rings. The monoisotopic (exact) mass is 272 g/mol. The quantitative estimate of drug-likeness (QED) is 0.435. The molecule has 1 fully saturated rings. The van der Waals surface area contributed by atoms with E-state index < -0.39 is 5.97 Å². The first kappa shape index (κ1) is 14.8. The molecule has 0 atom stereocenters. The van der Waals surface area contributed by atoms with Gasteiger partial charge in [0.05, 0.1) is 0 Å². The van der Waals surface area contributed by atoms with Crippen LogP contribution in [0, 0.1) is 5.92 Å². The Morgan fingerprint density at radius 2 is 1.90 bits per heavy atom. The average molecular weight is 272 g/mol. The maximum atomic E-state index is 11.1. The van der Waals surface area contributed by atoms with E-state index in [-0.39, 0.29) is 0 Å². The fraction of sp³-hybridized carbons (Fsp3) is 0.500. The summed E-state index contributed by atoms with van der Waals surface area (Å²) < 4.78 is 5.10. The highest BCUT2D eigenvalue weighted by Gasteiger charge is 2.21. The Morgan fingerprint density at radius 1 is 1.25 bits per heavy atom. The van der Waals surface area contributed by atoms with Crippen molar-refractivity contribution in [3.05, 3.63) is 42.5 Å². The van der Waals surface area contributed by atoms with Gasteiger partial charge in [-0.15, -0.1) is 0 Å². The molecule has 0 N–H and O–H groups in total. The van der Waals surface area contributed by atoms with Gasteiger partial charge < -0.3 is 4.74 Å².